The Morgan fingerprint density at radius 1 is 0.727 bits per heavy atom. The van der Waals surface area contributed by atoms with Crippen LogP contribution in [-0.4, -0.2) is 5.91 Å². The maximum absolute atomic E-state index is 12.3. The van der Waals surface area contributed by atoms with E-state index in [1.807, 2.05) is 72.8 Å². The van der Waals surface area contributed by atoms with Crippen LogP contribution in [0.5, 0.6) is 11.5 Å². The molecule has 0 radical (unpaired) electrons. The number of benzene rings is 3. The quantitative estimate of drug-likeness (QED) is 0.754. The average molecular weight is 289 g/mol. The van der Waals surface area contributed by atoms with E-state index in [9.17, 15) is 4.79 Å². The van der Waals surface area contributed by atoms with Crippen LogP contribution in [0.25, 0.3) is 0 Å². The molecular formula is C19H15NO2. The van der Waals surface area contributed by atoms with Gasteiger partial charge < -0.3 is 10.1 Å². The zero-order chi connectivity index (χ0) is 15.2. The van der Waals surface area contributed by atoms with Gasteiger partial charge in [0.05, 0.1) is 5.69 Å². The Morgan fingerprint density at radius 3 is 2.05 bits per heavy atom. The molecule has 3 rings (SSSR count). The van der Waals surface area contributed by atoms with E-state index in [2.05, 4.69) is 5.32 Å². The van der Waals surface area contributed by atoms with E-state index in [-0.39, 0.29) is 5.91 Å². The van der Waals surface area contributed by atoms with Crippen molar-refractivity contribution in [1.29, 1.82) is 0 Å². The fourth-order valence-electron chi connectivity index (χ4n) is 2.06. The molecular weight excluding hydrogens is 274 g/mol. The molecule has 0 saturated carbocycles. The summed E-state index contributed by atoms with van der Waals surface area (Å²) in [5.74, 6) is 1.17. The molecule has 22 heavy (non-hydrogen) atoms. The van der Waals surface area contributed by atoms with Gasteiger partial charge in [0, 0.05) is 5.56 Å². The Kier molecular flexibility index (Phi) is 4.16. The first-order valence-corrected chi connectivity index (χ1v) is 7.01. The summed E-state index contributed by atoms with van der Waals surface area (Å²) in [7, 11) is 0. The van der Waals surface area contributed by atoms with Gasteiger partial charge in [0.15, 0.2) is 5.75 Å². The molecule has 0 aromatic heterocycles. The van der Waals surface area contributed by atoms with Crippen LogP contribution < -0.4 is 10.1 Å². The predicted molar refractivity (Wildman–Crippen MR) is 87.4 cm³/mol. The summed E-state index contributed by atoms with van der Waals surface area (Å²) in [6, 6.07) is 25.9. The molecule has 0 saturated heterocycles. The van der Waals surface area contributed by atoms with Crippen molar-refractivity contribution in [3.63, 3.8) is 0 Å². The van der Waals surface area contributed by atoms with Gasteiger partial charge in [0.1, 0.15) is 5.75 Å². The maximum Gasteiger partial charge on any atom is 0.255 e. The summed E-state index contributed by atoms with van der Waals surface area (Å²) < 4.78 is 5.83. The highest BCUT2D eigenvalue weighted by Gasteiger charge is 2.09. The molecule has 3 aromatic carbocycles. The minimum Gasteiger partial charge on any atom is -0.455 e. The third-order valence-corrected chi connectivity index (χ3v) is 3.14. The average Bonchev–Trinajstić information content (AvgIpc) is 2.58. The molecule has 0 aliphatic carbocycles. The van der Waals surface area contributed by atoms with E-state index < -0.39 is 0 Å². The van der Waals surface area contributed by atoms with Crippen molar-refractivity contribution in [3.05, 3.63) is 90.5 Å². The molecule has 3 nitrogen and oxygen atoms in total. The number of carbonyl (C=O) groups is 1. The van der Waals surface area contributed by atoms with Crippen molar-refractivity contribution in [3.8, 4) is 11.5 Å². The van der Waals surface area contributed by atoms with Crippen LogP contribution in [0.15, 0.2) is 84.9 Å². The predicted octanol–water partition coefficient (Wildman–Crippen LogP) is 4.73. The van der Waals surface area contributed by atoms with Crippen molar-refractivity contribution in [2.24, 2.45) is 0 Å². The lowest BCUT2D eigenvalue weighted by Crippen LogP contribution is -2.12. The summed E-state index contributed by atoms with van der Waals surface area (Å²) in [5.41, 5.74) is 1.25. The molecule has 0 spiro atoms. The van der Waals surface area contributed by atoms with Gasteiger partial charge in [0.25, 0.3) is 5.91 Å². The maximum atomic E-state index is 12.3. The molecule has 1 N–H and O–H groups in total. The lowest BCUT2D eigenvalue weighted by Gasteiger charge is -2.12. The third kappa shape index (κ3) is 3.33. The van der Waals surface area contributed by atoms with E-state index in [1.165, 1.54) is 0 Å². The smallest absolute Gasteiger partial charge is 0.255 e. The standard InChI is InChI=1S/C19H15NO2/c21-19(15-9-3-1-4-10-15)20-17-13-7-8-14-18(17)22-16-11-5-2-6-12-16/h1-14H,(H,20,21). The van der Waals surface area contributed by atoms with Crippen molar-refractivity contribution < 1.29 is 9.53 Å². The summed E-state index contributed by atoms with van der Waals surface area (Å²) in [6.07, 6.45) is 0. The van der Waals surface area contributed by atoms with Crippen LogP contribution in [0.4, 0.5) is 5.69 Å². The number of carbonyl (C=O) groups excluding carboxylic acids is 1. The van der Waals surface area contributed by atoms with Crippen LogP contribution in [0.1, 0.15) is 10.4 Å². The first-order chi connectivity index (χ1) is 10.8. The van der Waals surface area contributed by atoms with Gasteiger partial charge in [-0.15, -0.1) is 0 Å². The number of hydrogen-bond donors (Lipinski definition) is 1. The Labute approximate surface area is 129 Å². The van der Waals surface area contributed by atoms with E-state index in [4.69, 9.17) is 4.74 Å². The lowest BCUT2D eigenvalue weighted by molar-refractivity contribution is 0.102. The topological polar surface area (TPSA) is 38.3 Å². The SMILES string of the molecule is O=C(Nc1ccccc1Oc1ccccc1)c1ccccc1. The van der Waals surface area contributed by atoms with Gasteiger partial charge in [0.2, 0.25) is 0 Å². The van der Waals surface area contributed by atoms with Crippen molar-refractivity contribution in [2.45, 2.75) is 0 Å². The highest BCUT2D eigenvalue weighted by molar-refractivity contribution is 6.05. The number of anilines is 1. The number of rotatable bonds is 4. The van der Waals surface area contributed by atoms with Gasteiger partial charge in [-0.25, -0.2) is 0 Å². The number of amides is 1. The molecule has 3 heteroatoms. The summed E-state index contributed by atoms with van der Waals surface area (Å²) in [5, 5.41) is 2.88. The van der Waals surface area contributed by atoms with E-state index in [1.54, 1.807) is 12.1 Å². The molecule has 0 aliphatic rings. The number of nitrogens with one attached hydrogen (secondary N) is 1. The normalized spacial score (nSPS) is 10.0. The number of ether oxygens (including phenoxy) is 1. The molecule has 1 amide bonds. The summed E-state index contributed by atoms with van der Waals surface area (Å²) in [4.78, 5) is 12.3. The Balaban J connectivity index is 1.81. The minimum atomic E-state index is -0.162. The molecule has 0 unspecified atom stereocenters. The molecule has 0 fully saturated rings. The molecule has 3 aromatic rings. The Bertz CT molecular complexity index is 755. The molecule has 0 bridgehead atoms. The van der Waals surface area contributed by atoms with Crippen molar-refractivity contribution in [2.75, 3.05) is 5.32 Å². The summed E-state index contributed by atoms with van der Waals surface area (Å²) in [6.45, 7) is 0. The van der Waals surface area contributed by atoms with Crippen LogP contribution >= 0.6 is 0 Å². The highest BCUT2D eigenvalue weighted by atomic mass is 16.5. The summed E-state index contributed by atoms with van der Waals surface area (Å²) >= 11 is 0. The molecule has 0 aliphatic heterocycles. The largest absolute Gasteiger partial charge is 0.455 e. The van der Waals surface area contributed by atoms with Crippen LogP contribution in [-0.2, 0) is 0 Å². The van der Waals surface area contributed by atoms with Gasteiger partial charge in [-0.1, -0.05) is 48.5 Å². The fraction of sp³-hybridized carbons (Fsp3) is 0. The van der Waals surface area contributed by atoms with Gasteiger partial charge in [-0.2, -0.15) is 0 Å². The highest BCUT2D eigenvalue weighted by Crippen LogP contribution is 2.29. The third-order valence-electron chi connectivity index (χ3n) is 3.14. The van der Waals surface area contributed by atoms with Gasteiger partial charge >= 0.3 is 0 Å². The van der Waals surface area contributed by atoms with E-state index in [0.29, 0.717) is 17.0 Å². The van der Waals surface area contributed by atoms with Crippen molar-refractivity contribution >= 4 is 11.6 Å². The number of para-hydroxylation sites is 3. The van der Waals surface area contributed by atoms with Crippen molar-refractivity contribution in [1.82, 2.24) is 0 Å². The first kappa shape index (κ1) is 13.9. The number of hydrogen-bond acceptors (Lipinski definition) is 2. The second-order valence-electron chi connectivity index (χ2n) is 4.73. The van der Waals surface area contributed by atoms with Gasteiger partial charge in [-0.3, -0.25) is 4.79 Å². The molecule has 0 atom stereocenters. The van der Waals surface area contributed by atoms with Crippen LogP contribution in [0.3, 0.4) is 0 Å². The zero-order valence-corrected chi connectivity index (χ0v) is 11.9. The zero-order valence-electron chi connectivity index (χ0n) is 11.9. The monoisotopic (exact) mass is 289 g/mol. The molecule has 0 heterocycles. The second-order valence-corrected chi connectivity index (χ2v) is 4.73. The Hall–Kier alpha value is -3.07. The van der Waals surface area contributed by atoms with Crippen LogP contribution in [0.2, 0.25) is 0 Å². The Morgan fingerprint density at radius 2 is 1.32 bits per heavy atom. The fourth-order valence-corrected chi connectivity index (χ4v) is 2.06. The minimum absolute atomic E-state index is 0.162. The molecule has 108 valence electrons. The van der Waals surface area contributed by atoms with E-state index in [0.717, 1.165) is 5.75 Å². The van der Waals surface area contributed by atoms with Crippen LogP contribution in [0, 0.1) is 0 Å². The second kappa shape index (κ2) is 6.59. The first-order valence-electron chi connectivity index (χ1n) is 7.01. The van der Waals surface area contributed by atoms with E-state index >= 15 is 0 Å². The lowest BCUT2D eigenvalue weighted by atomic mass is 10.2. The van der Waals surface area contributed by atoms with Gasteiger partial charge in [-0.05, 0) is 36.4 Å².